The van der Waals surface area contributed by atoms with Gasteiger partial charge in [0.25, 0.3) is 0 Å². The molecule has 0 saturated carbocycles. The SMILES string of the molecule is CCc1cc(CN2CCC(N)C(C)(C)C2)n(C)n1. The van der Waals surface area contributed by atoms with Crippen molar-refractivity contribution < 1.29 is 0 Å². The summed E-state index contributed by atoms with van der Waals surface area (Å²) in [5, 5.41) is 4.51. The third-order valence-corrected chi connectivity index (χ3v) is 4.17. The van der Waals surface area contributed by atoms with Crippen LogP contribution in [-0.2, 0) is 20.0 Å². The summed E-state index contributed by atoms with van der Waals surface area (Å²) in [5.41, 5.74) is 8.88. The van der Waals surface area contributed by atoms with E-state index in [1.807, 2.05) is 11.7 Å². The lowest BCUT2D eigenvalue weighted by molar-refractivity contribution is 0.0880. The first-order valence-electron chi connectivity index (χ1n) is 6.92. The molecule has 1 fully saturated rings. The van der Waals surface area contributed by atoms with Crippen molar-refractivity contribution in [2.24, 2.45) is 18.2 Å². The molecule has 1 aromatic heterocycles. The van der Waals surface area contributed by atoms with Crippen LogP contribution in [0.5, 0.6) is 0 Å². The molecule has 0 aliphatic carbocycles. The quantitative estimate of drug-likeness (QED) is 0.885. The molecule has 0 amide bonds. The van der Waals surface area contributed by atoms with Gasteiger partial charge in [-0.2, -0.15) is 5.10 Å². The number of nitrogens with two attached hydrogens (primary N) is 1. The number of aromatic nitrogens is 2. The number of hydrogen-bond donors (Lipinski definition) is 1. The summed E-state index contributed by atoms with van der Waals surface area (Å²) >= 11 is 0. The molecule has 4 nitrogen and oxygen atoms in total. The molecule has 0 aromatic carbocycles. The number of nitrogens with zero attached hydrogens (tertiary/aromatic N) is 3. The molecule has 4 heteroatoms. The zero-order valence-electron chi connectivity index (χ0n) is 12.1. The van der Waals surface area contributed by atoms with Crippen LogP contribution in [0.15, 0.2) is 6.07 Å². The number of hydrogen-bond acceptors (Lipinski definition) is 3. The Hall–Kier alpha value is -0.870. The summed E-state index contributed by atoms with van der Waals surface area (Å²) in [7, 11) is 2.04. The van der Waals surface area contributed by atoms with E-state index >= 15 is 0 Å². The summed E-state index contributed by atoms with van der Waals surface area (Å²) in [6.07, 6.45) is 2.09. The van der Waals surface area contributed by atoms with Crippen molar-refractivity contribution in [1.29, 1.82) is 0 Å². The molecule has 1 aliphatic heterocycles. The van der Waals surface area contributed by atoms with Crippen molar-refractivity contribution in [1.82, 2.24) is 14.7 Å². The maximum atomic E-state index is 6.18. The Morgan fingerprint density at radius 1 is 1.50 bits per heavy atom. The normalized spacial score (nSPS) is 24.4. The molecule has 1 atom stereocenters. The van der Waals surface area contributed by atoms with Crippen LogP contribution in [0.1, 0.15) is 38.6 Å². The fraction of sp³-hybridized carbons (Fsp3) is 0.786. The molecular weight excluding hydrogens is 224 g/mol. The largest absolute Gasteiger partial charge is 0.327 e. The van der Waals surface area contributed by atoms with Gasteiger partial charge in [0.2, 0.25) is 0 Å². The van der Waals surface area contributed by atoms with E-state index in [4.69, 9.17) is 5.73 Å². The Kier molecular flexibility index (Phi) is 3.78. The second-order valence-electron chi connectivity index (χ2n) is 6.20. The van der Waals surface area contributed by atoms with Crippen LogP contribution in [0.25, 0.3) is 0 Å². The Bertz CT molecular complexity index is 408. The summed E-state index contributed by atoms with van der Waals surface area (Å²) in [6, 6.07) is 2.55. The van der Waals surface area contributed by atoms with Gasteiger partial charge in [0.15, 0.2) is 0 Å². The molecule has 1 unspecified atom stereocenters. The van der Waals surface area contributed by atoms with Gasteiger partial charge in [-0.15, -0.1) is 0 Å². The highest BCUT2D eigenvalue weighted by Crippen LogP contribution is 2.28. The van der Waals surface area contributed by atoms with Crippen molar-refractivity contribution in [3.63, 3.8) is 0 Å². The molecule has 1 saturated heterocycles. The van der Waals surface area contributed by atoms with Crippen LogP contribution in [0.2, 0.25) is 0 Å². The lowest BCUT2D eigenvalue weighted by Crippen LogP contribution is -2.52. The van der Waals surface area contributed by atoms with E-state index in [-0.39, 0.29) is 5.41 Å². The third kappa shape index (κ3) is 2.75. The van der Waals surface area contributed by atoms with E-state index < -0.39 is 0 Å². The smallest absolute Gasteiger partial charge is 0.0625 e. The van der Waals surface area contributed by atoms with Crippen LogP contribution >= 0.6 is 0 Å². The molecule has 0 radical (unpaired) electrons. The Balaban J connectivity index is 2.03. The van der Waals surface area contributed by atoms with Crippen LogP contribution in [0.3, 0.4) is 0 Å². The molecule has 0 bridgehead atoms. The standard InChI is InChI=1S/C14H26N4/c1-5-11-8-12(17(4)16-11)9-18-7-6-13(15)14(2,3)10-18/h8,13H,5-7,9-10,15H2,1-4H3. The van der Waals surface area contributed by atoms with Gasteiger partial charge >= 0.3 is 0 Å². The van der Waals surface area contributed by atoms with Gasteiger partial charge in [-0.3, -0.25) is 9.58 Å². The number of rotatable bonds is 3. The topological polar surface area (TPSA) is 47.1 Å². The minimum atomic E-state index is 0.213. The Labute approximate surface area is 110 Å². The number of likely N-dealkylation sites (tertiary alicyclic amines) is 1. The summed E-state index contributed by atoms with van der Waals surface area (Å²) in [5.74, 6) is 0. The monoisotopic (exact) mass is 250 g/mol. The highest BCUT2D eigenvalue weighted by Gasteiger charge is 2.33. The molecule has 2 N–H and O–H groups in total. The average molecular weight is 250 g/mol. The maximum Gasteiger partial charge on any atom is 0.0625 e. The van der Waals surface area contributed by atoms with E-state index in [1.165, 1.54) is 11.4 Å². The lowest BCUT2D eigenvalue weighted by atomic mass is 9.79. The van der Waals surface area contributed by atoms with E-state index in [0.717, 1.165) is 32.5 Å². The van der Waals surface area contributed by atoms with E-state index in [1.54, 1.807) is 0 Å². The maximum absolute atomic E-state index is 6.18. The molecular formula is C14H26N4. The second-order valence-corrected chi connectivity index (χ2v) is 6.20. The van der Waals surface area contributed by atoms with Crippen LogP contribution in [-0.4, -0.2) is 33.8 Å². The van der Waals surface area contributed by atoms with Gasteiger partial charge in [-0.1, -0.05) is 20.8 Å². The van der Waals surface area contributed by atoms with Gasteiger partial charge in [-0.05, 0) is 24.3 Å². The van der Waals surface area contributed by atoms with Crippen molar-refractivity contribution in [2.45, 2.75) is 46.2 Å². The predicted molar refractivity (Wildman–Crippen MR) is 74.2 cm³/mol. The zero-order chi connectivity index (χ0) is 13.3. The lowest BCUT2D eigenvalue weighted by Gasteiger charge is -2.42. The number of piperidine rings is 1. The zero-order valence-corrected chi connectivity index (χ0v) is 12.1. The summed E-state index contributed by atoms with van der Waals surface area (Å²) < 4.78 is 2.01. The minimum absolute atomic E-state index is 0.213. The first-order valence-corrected chi connectivity index (χ1v) is 6.92. The molecule has 0 spiro atoms. The first kappa shape index (κ1) is 13.6. The second kappa shape index (κ2) is 5.02. The van der Waals surface area contributed by atoms with Crippen LogP contribution in [0, 0.1) is 5.41 Å². The number of aryl methyl sites for hydroxylation is 2. The fourth-order valence-corrected chi connectivity index (χ4v) is 2.74. The van der Waals surface area contributed by atoms with E-state index in [2.05, 4.69) is 36.8 Å². The Morgan fingerprint density at radius 3 is 2.78 bits per heavy atom. The summed E-state index contributed by atoms with van der Waals surface area (Å²) in [4.78, 5) is 2.50. The fourth-order valence-electron chi connectivity index (χ4n) is 2.74. The molecule has 1 aliphatic rings. The van der Waals surface area contributed by atoms with Crippen LogP contribution < -0.4 is 5.73 Å². The third-order valence-electron chi connectivity index (χ3n) is 4.17. The van der Waals surface area contributed by atoms with Gasteiger partial charge in [0.1, 0.15) is 0 Å². The molecule has 102 valence electrons. The van der Waals surface area contributed by atoms with Crippen molar-refractivity contribution in [3.05, 3.63) is 17.5 Å². The van der Waals surface area contributed by atoms with Crippen LogP contribution in [0.4, 0.5) is 0 Å². The summed E-state index contributed by atoms with van der Waals surface area (Å²) in [6.45, 7) is 9.84. The van der Waals surface area contributed by atoms with Gasteiger partial charge in [0, 0.05) is 32.7 Å². The van der Waals surface area contributed by atoms with Gasteiger partial charge < -0.3 is 5.73 Å². The molecule has 18 heavy (non-hydrogen) atoms. The molecule has 1 aromatic rings. The molecule has 2 heterocycles. The minimum Gasteiger partial charge on any atom is -0.327 e. The van der Waals surface area contributed by atoms with Gasteiger partial charge in [-0.25, -0.2) is 0 Å². The van der Waals surface area contributed by atoms with Crippen molar-refractivity contribution >= 4 is 0 Å². The molecule has 2 rings (SSSR count). The highest BCUT2D eigenvalue weighted by molar-refractivity contribution is 5.10. The Morgan fingerprint density at radius 2 is 2.22 bits per heavy atom. The first-order chi connectivity index (χ1) is 8.42. The van der Waals surface area contributed by atoms with Gasteiger partial charge in [0.05, 0.1) is 11.4 Å². The van der Waals surface area contributed by atoms with Crippen molar-refractivity contribution in [2.75, 3.05) is 13.1 Å². The van der Waals surface area contributed by atoms with E-state index in [9.17, 15) is 0 Å². The van der Waals surface area contributed by atoms with Crippen molar-refractivity contribution in [3.8, 4) is 0 Å². The average Bonchev–Trinajstić information content (AvgIpc) is 2.65. The van der Waals surface area contributed by atoms with E-state index in [0.29, 0.717) is 6.04 Å². The highest BCUT2D eigenvalue weighted by atomic mass is 15.3. The predicted octanol–water partition coefficient (Wildman–Crippen LogP) is 1.54.